The van der Waals surface area contributed by atoms with E-state index in [1.807, 2.05) is 12.1 Å². The average Bonchev–Trinajstić information content (AvgIpc) is 2.97. The van der Waals surface area contributed by atoms with Crippen molar-refractivity contribution in [1.82, 2.24) is 15.0 Å². The Bertz CT molecular complexity index is 1040. The fraction of sp³-hybridized carbons (Fsp3) is 0.333. The lowest BCUT2D eigenvalue weighted by atomic mass is 9.89. The van der Waals surface area contributed by atoms with Crippen molar-refractivity contribution in [1.29, 1.82) is 0 Å². The van der Waals surface area contributed by atoms with E-state index >= 15 is 0 Å². The molecule has 26 heavy (non-hydrogen) atoms. The summed E-state index contributed by atoms with van der Waals surface area (Å²) in [4.78, 5) is 27.1. The van der Waals surface area contributed by atoms with Crippen LogP contribution in [0.4, 0.5) is 5.69 Å². The number of nitrogens with one attached hydrogen (secondary N) is 1. The van der Waals surface area contributed by atoms with Gasteiger partial charge in [0.1, 0.15) is 6.54 Å². The molecule has 0 aliphatic heterocycles. The van der Waals surface area contributed by atoms with E-state index in [1.54, 1.807) is 23.5 Å². The Morgan fingerprint density at radius 2 is 2.15 bits per heavy atom. The second-order valence-electron chi connectivity index (χ2n) is 6.64. The van der Waals surface area contributed by atoms with Gasteiger partial charge in [0.25, 0.3) is 5.56 Å². The van der Waals surface area contributed by atoms with Crippen molar-refractivity contribution in [2.75, 3.05) is 5.32 Å². The third-order valence-corrected chi connectivity index (χ3v) is 6.27. The third-order valence-electron chi connectivity index (χ3n) is 4.61. The van der Waals surface area contributed by atoms with Gasteiger partial charge < -0.3 is 5.32 Å². The van der Waals surface area contributed by atoms with Gasteiger partial charge in [-0.1, -0.05) is 28.1 Å². The highest BCUT2D eigenvalue weighted by Gasteiger charge is 2.24. The predicted molar refractivity (Wildman–Crippen MR) is 106 cm³/mol. The zero-order valence-electron chi connectivity index (χ0n) is 14.2. The normalized spacial score (nSPS) is 16.5. The molecular formula is C18H17BrN4O2S. The van der Waals surface area contributed by atoms with Crippen molar-refractivity contribution in [3.63, 3.8) is 0 Å². The van der Waals surface area contributed by atoms with Crippen LogP contribution in [0.25, 0.3) is 10.2 Å². The summed E-state index contributed by atoms with van der Waals surface area (Å²) in [5.74, 6) is 0.322. The van der Waals surface area contributed by atoms with Crippen molar-refractivity contribution in [2.45, 2.75) is 32.7 Å². The first-order chi connectivity index (χ1) is 12.5. The number of carbonyl (C=O) groups is 1. The highest BCUT2D eigenvalue weighted by atomic mass is 79.9. The average molecular weight is 433 g/mol. The van der Waals surface area contributed by atoms with E-state index in [0.717, 1.165) is 34.0 Å². The lowest BCUT2D eigenvalue weighted by molar-refractivity contribution is -0.117. The Balaban J connectivity index is 1.61. The molecule has 0 spiro atoms. The Morgan fingerprint density at radius 3 is 2.92 bits per heavy atom. The van der Waals surface area contributed by atoms with Gasteiger partial charge in [-0.15, -0.1) is 16.4 Å². The van der Waals surface area contributed by atoms with Crippen molar-refractivity contribution in [3.05, 3.63) is 49.5 Å². The van der Waals surface area contributed by atoms with Gasteiger partial charge in [-0.05, 0) is 55.0 Å². The topological polar surface area (TPSA) is 76.9 Å². The van der Waals surface area contributed by atoms with E-state index in [4.69, 9.17) is 0 Å². The molecule has 1 aliphatic rings. The summed E-state index contributed by atoms with van der Waals surface area (Å²) in [5.41, 5.74) is 1.54. The standard InChI is InChI=1S/C18H17BrN4O2S/c1-10-2-7-13-14(8-10)26-17-16(13)18(25)23(22-21-17)9-15(24)20-12-5-3-11(19)4-6-12/h3-6,10H,2,7-9H2,1H3,(H,20,24)/t10-/m1/s1. The molecule has 0 fully saturated rings. The summed E-state index contributed by atoms with van der Waals surface area (Å²) >= 11 is 4.91. The van der Waals surface area contributed by atoms with Gasteiger partial charge in [0.05, 0.1) is 5.39 Å². The van der Waals surface area contributed by atoms with Crippen LogP contribution in [0.15, 0.2) is 33.5 Å². The first-order valence-corrected chi connectivity index (χ1v) is 10.1. The molecule has 0 unspecified atom stereocenters. The molecule has 3 aromatic rings. The molecule has 4 rings (SSSR count). The molecule has 6 nitrogen and oxygen atoms in total. The SMILES string of the molecule is C[C@@H]1CCc2c(sc3nnn(CC(=O)Nc4ccc(Br)cc4)c(=O)c23)C1. The van der Waals surface area contributed by atoms with Crippen LogP contribution in [0.5, 0.6) is 0 Å². The molecule has 2 aromatic heterocycles. The summed E-state index contributed by atoms with van der Waals surface area (Å²) in [6.07, 6.45) is 2.95. The number of carbonyl (C=O) groups excluding carboxylic acids is 1. The number of hydrogen-bond donors (Lipinski definition) is 1. The maximum absolute atomic E-state index is 12.9. The van der Waals surface area contributed by atoms with Gasteiger partial charge in [-0.25, -0.2) is 4.68 Å². The summed E-state index contributed by atoms with van der Waals surface area (Å²) in [7, 11) is 0. The summed E-state index contributed by atoms with van der Waals surface area (Å²) in [5, 5.41) is 11.6. The van der Waals surface area contributed by atoms with E-state index in [9.17, 15) is 9.59 Å². The predicted octanol–water partition coefficient (Wildman–Crippen LogP) is 3.38. The van der Waals surface area contributed by atoms with Crippen LogP contribution < -0.4 is 10.9 Å². The van der Waals surface area contributed by atoms with Crippen molar-refractivity contribution < 1.29 is 4.79 Å². The number of thiophene rings is 1. The molecule has 0 saturated heterocycles. The van der Waals surface area contributed by atoms with Crippen LogP contribution in [0, 0.1) is 5.92 Å². The fourth-order valence-corrected chi connectivity index (χ4v) is 4.85. The van der Waals surface area contributed by atoms with E-state index in [2.05, 4.69) is 38.5 Å². The van der Waals surface area contributed by atoms with Crippen LogP contribution in [0.3, 0.4) is 0 Å². The molecule has 1 aromatic carbocycles. The monoisotopic (exact) mass is 432 g/mol. The largest absolute Gasteiger partial charge is 0.324 e. The molecule has 1 atom stereocenters. The summed E-state index contributed by atoms with van der Waals surface area (Å²) in [6.45, 7) is 2.07. The van der Waals surface area contributed by atoms with Crippen molar-refractivity contribution >= 4 is 49.1 Å². The first-order valence-electron chi connectivity index (χ1n) is 8.44. The Kier molecular flexibility index (Phi) is 4.62. The van der Waals surface area contributed by atoms with Gasteiger partial charge in [0, 0.05) is 15.0 Å². The van der Waals surface area contributed by atoms with Crippen LogP contribution >= 0.6 is 27.3 Å². The number of nitrogens with zero attached hydrogens (tertiary/aromatic N) is 3. The van der Waals surface area contributed by atoms with E-state index in [-0.39, 0.29) is 18.0 Å². The molecule has 0 bridgehead atoms. The molecule has 1 aliphatic carbocycles. The number of aryl methyl sites for hydroxylation is 1. The number of amides is 1. The first kappa shape index (κ1) is 17.4. The lowest BCUT2D eigenvalue weighted by Crippen LogP contribution is -2.30. The fourth-order valence-electron chi connectivity index (χ4n) is 3.26. The maximum atomic E-state index is 12.9. The molecule has 1 N–H and O–H groups in total. The quantitative estimate of drug-likeness (QED) is 0.687. The zero-order chi connectivity index (χ0) is 18.3. The van der Waals surface area contributed by atoms with Crippen LogP contribution in [-0.2, 0) is 24.2 Å². The minimum Gasteiger partial charge on any atom is -0.324 e. The molecule has 134 valence electrons. The number of rotatable bonds is 3. The molecule has 1 amide bonds. The smallest absolute Gasteiger partial charge is 0.279 e. The number of hydrogen-bond acceptors (Lipinski definition) is 5. The third kappa shape index (κ3) is 3.31. The minimum absolute atomic E-state index is 0.154. The van der Waals surface area contributed by atoms with Gasteiger partial charge in [-0.3, -0.25) is 9.59 Å². The van der Waals surface area contributed by atoms with Crippen LogP contribution in [-0.4, -0.2) is 20.9 Å². The Hall–Kier alpha value is -2.06. The van der Waals surface area contributed by atoms with Crippen LogP contribution in [0.1, 0.15) is 23.8 Å². The number of fused-ring (bicyclic) bond motifs is 3. The van der Waals surface area contributed by atoms with Crippen molar-refractivity contribution in [3.8, 4) is 0 Å². The molecule has 0 radical (unpaired) electrons. The maximum Gasteiger partial charge on any atom is 0.279 e. The van der Waals surface area contributed by atoms with E-state index < -0.39 is 0 Å². The zero-order valence-corrected chi connectivity index (χ0v) is 16.6. The molecule has 2 heterocycles. The van der Waals surface area contributed by atoms with Crippen LogP contribution in [0.2, 0.25) is 0 Å². The second kappa shape index (κ2) is 6.92. The van der Waals surface area contributed by atoms with E-state index in [0.29, 0.717) is 21.8 Å². The molecule has 8 heteroatoms. The van der Waals surface area contributed by atoms with Gasteiger partial charge in [-0.2, -0.15) is 0 Å². The lowest BCUT2D eigenvalue weighted by Gasteiger charge is -2.17. The Morgan fingerprint density at radius 1 is 1.38 bits per heavy atom. The highest BCUT2D eigenvalue weighted by Crippen LogP contribution is 2.35. The molecule has 0 saturated carbocycles. The summed E-state index contributed by atoms with van der Waals surface area (Å²) < 4.78 is 2.08. The van der Waals surface area contributed by atoms with Gasteiger partial charge in [0.2, 0.25) is 5.91 Å². The number of benzene rings is 1. The summed E-state index contributed by atoms with van der Waals surface area (Å²) in [6, 6.07) is 7.25. The van der Waals surface area contributed by atoms with Gasteiger partial charge >= 0.3 is 0 Å². The minimum atomic E-state index is -0.305. The van der Waals surface area contributed by atoms with E-state index in [1.165, 1.54) is 4.88 Å². The number of anilines is 1. The Labute approximate surface area is 162 Å². The number of aromatic nitrogens is 3. The highest BCUT2D eigenvalue weighted by molar-refractivity contribution is 9.10. The second-order valence-corrected chi connectivity index (χ2v) is 8.64. The molecular weight excluding hydrogens is 416 g/mol. The number of halogens is 1. The van der Waals surface area contributed by atoms with Gasteiger partial charge in [0.15, 0.2) is 4.83 Å². The van der Waals surface area contributed by atoms with Crippen molar-refractivity contribution in [2.24, 2.45) is 5.92 Å².